The smallest absolute Gasteiger partial charge is 0.242 e. The lowest BCUT2D eigenvalue weighted by Gasteiger charge is -2.26. The molecule has 1 aromatic rings. The molecule has 114 valence electrons. The minimum Gasteiger partial charge on any atom is -0.359 e. The highest BCUT2D eigenvalue weighted by Gasteiger charge is 2.31. The Morgan fingerprint density at radius 3 is 2.86 bits per heavy atom. The van der Waals surface area contributed by atoms with Gasteiger partial charge < -0.3 is 15.5 Å². The van der Waals surface area contributed by atoms with Gasteiger partial charge in [0.1, 0.15) is 6.04 Å². The van der Waals surface area contributed by atoms with E-state index in [1.807, 2.05) is 0 Å². The SMILES string of the molecule is CNC(=O)C1CCCN1c1ccc(CNC2CC2)cc1Br. The maximum Gasteiger partial charge on any atom is 0.242 e. The molecule has 1 unspecified atom stereocenters. The Bertz CT molecular complexity index is 530. The number of nitrogens with zero attached hydrogens (tertiary/aromatic N) is 1. The zero-order chi connectivity index (χ0) is 14.8. The van der Waals surface area contributed by atoms with Crippen LogP contribution in [0.5, 0.6) is 0 Å². The number of amides is 1. The van der Waals surface area contributed by atoms with Crippen LogP contribution in [0.15, 0.2) is 22.7 Å². The summed E-state index contributed by atoms with van der Waals surface area (Å²) in [5, 5.41) is 6.30. The molecule has 1 amide bonds. The summed E-state index contributed by atoms with van der Waals surface area (Å²) in [5.74, 6) is 0.110. The average Bonchev–Trinajstić information content (AvgIpc) is 3.20. The summed E-state index contributed by atoms with van der Waals surface area (Å²) in [5.41, 5.74) is 2.41. The van der Waals surface area contributed by atoms with Crippen LogP contribution < -0.4 is 15.5 Å². The number of halogens is 1. The van der Waals surface area contributed by atoms with E-state index in [4.69, 9.17) is 0 Å². The molecule has 1 aliphatic heterocycles. The lowest BCUT2D eigenvalue weighted by Crippen LogP contribution is -2.42. The molecular formula is C16H22BrN3O. The van der Waals surface area contributed by atoms with Gasteiger partial charge in [-0.3, -0.25) is 4.79 Å². The molecule has 0 bridgehead atoms. The molecule has 2 fully saturated rings. The van der Waals surface area contributed by atoms with Crippen molar-refractivity contribution in [3.8, 4) is 0 Å². The molecule has 1 atom stereocenters. The number of rotatable bonds is 5. The van der Waals surface area contributed by atoms with Crippen molar-refractivity contribution in [1.82, 2.24) is 10.6 Å². The van der Waals surface area contributed by atoms with Gasteiger partial charge in [0.15, 0.2) is 0 Å². The van der Waals surface area contributed by atoms with Crippen LogP contribution in [0.4, 0.5) is 5.69 Å². The van der Waals surface area contributed by atoms with Crippen LogP contribution in [0.1, 0.15) is 31.2 Å². The summed E-state index contributed by atoms with van der Waals surface area (Å²) in [6, 6.07) is 7.15. The van der Waals surface area contributed by atoms with Crippen LogP contribution in [0, 0.1) is 0 Å². The second-order valence-electron chi connectivity index (χ2n) is 5.91. The van der Waals surface area contributed by atoms with Gasteiger partial charge in [0.05, 0.1) is 5.69 Å². The lowest BCUT2D eigenvalue weighted by atomic mass is 10.1. The first kappa shape index (κ1) is 14.9. The molecule has 1 aliphatic carbocycles. The molecular weight excluding hydrogens is 330 g/mol. The van der Waals surface area contributed by atoms with Crippen LogP contribution in [-0.4, -0.2) is 31.6 Å². The molecule has 21 heavy (non-hydrogen) atoms. The van der Waals surface area contributed by atoms with Gasteiger partial charge in [-0.05, 0) is 59.3 Å². The molecule has 1 aromatic carbocycles. The number of carbonyl (C=O) groups excluding carboxylic acids is 1. The van der Waals surface area contributed by atoms with Crippen molar-refractivity contribution in [3.05, 3.63) is 28.2 Å². The summed E-state index contributed by atoms with van der Waals surface area (Å²) in [7, 11) is 1.71. The molecule has 5 heteroatoms. The fourth-order valence-electron chi connectivity index (χ4n) is 2.94. The Kier molecular flexibility index (Phi) is 4.50. The number of nitrogens with one attached hydrogen (secondary N) is 2. The molecule has 0 spiro atoms. The number of likely N-dealkylation sites (N-methyl/N-ethyl adjacent to an activating group) is 1. The molecule has 1 saturated heterocycles. The highest BCUT2D eigenvalue weighted by atomic mass is 79.9. The summed E-state index contributed by atoms with van der Waals surface area (Å²) in [6.07, 6.45) is 4.61. The first-order valence-corrected chi connectivity index (χ1v) is 8.48. The molecule has 2 aliphatic rings. The maximum absolute atomic E-state index is 12.0. The zero-order valence-electron chi connectivity index (χ0n) is 12.4. The highest BCUT2D eigenvalue weighted by Crippen LogP contribution is 2.33. The molecule has 1 saturated carbocycles. The van der Waals surface area contributed by atoms with E-state index in [0.717, 1.165) is 42.1 Å². The van der Waals surface area contributed by atoms with E-state index >= 15 is 0 Å². The van der Waals surface area contributed by atoms with Crippen molar-refractivity contribution in [1.29, 1.82) is 0 Å². The number of hydrogen-bond acceptors (Lipinski definition) is 3. The first-order valence-electron chi connectivity index (χ1n) is 7.69. The Labute approximate surface area is 134 Å². The van der Waals surface area contributed by atoms with Crippen LogP contribution >= 0.6 is 15.9 Å². The molecule has 1 heterocycles. The van der Waals surface area contributed by atoms with Gasteiger partial charge in [0.2, 0.25) is 5.91 Å². The third-order valence-electron chi connectivity index (χ3n) is 4.30. The van der Waals surface area contributed by atoms with E-state index in [1.165, 1.54) is 18.4 Å². The van der Waals surface area contributed by atoms with Crippen LogP contribution in [-0.2, 0) is 11.3 Å². The van der Waals surface area contributed by atoms with Gasteiger partial charge >= 0.3 is 0 Å². The van der Waals surface area contributed by atoms with Crippen molar-refractivity contribution in [2.24, 2.45) is 0 Å². The summed E-state index contributed by atoms with van der Waals surface area (Å²) in [4.78, 5) is 14.2. The quantitative estimate of drug-likeness (QED) is 0.856. The number of benzene rings is 1. The topological polar surface area (TPSA) is 44.4 Å². The second kappa shape index (κ2) is 6.36. The fourth-order valence-corrected chi connectivity index (χ4v) is 3.59. The zero-order valence-corrected chi connectivity index (χ0v) is 13.9. The molecule has 3 rings (SSSR count). The number of anilines is 1. The van der Waals surface area contributed by atoms with Crippen molar-refractivity contribution in [2.75, 3.05) is 18.5 Å². The van der Waals surface area contributed by atoms with Crippen molar-refractivity contribution in [3.63, 3.8) is 0 Å². The Morgan fingerprint density at radius 1 is 1.38 bits per heavy atom. The Hall–Kier alpha value is -1.07. The Morgan fingerprint density at radius 2 is 2.19 bits per heavy atom. The Balaban J connectivity index is 1.73. The first-order chi connectivity index (χ1) is 10.2. The monoisotopic (exact) mass is 351 g/mol. The maximum atomic E-state index is 12.0. The van der Waals surface area contributed by atoms with E-state index in [2.05, 4.69) is 49.7 Å². The summed E-state index contributed by atoms with van der Waals surface area (Å²) < 4.78 is 1.08. The summed E-state index contributed by atoms with van der Waals surface area (Å²) in [6.45, 7) is 1.86. The summed E-state index contributed by atoms with van der Waals surface area (Å²) >= 11 is 3.68. The highest BCUT2D eigenvalue weighted by molar-refractivity contribution is 9.10. The van der Waals surface area contributed by atoms with E-state index in [1.54, 1.807) is 7.05 Å². The lowest BCUT2D eigenvalue weighted by molar-refractivity contribution is -0.121. The van der Waals surface area contributed by atoms with Crippen LogP contribution in [0.2, 0.25) is 0 Å². The predicted octanol–water partition coefficient (Wildman–Crippen LogP) is 2.42. The van der Waals surface area contributed by atoms with Gasteiger partial charge in [-0.1, -0.05) is 6.07 Å². The van der Waals surface area contributed by atoms with Crippen molar-refractivity contribution in [2.45, 2.75) is 44.3 Å². The third kappa shape index (κ3) is 3.40. The van der Waals surface area contributed by atoms with Gasteiger partial charge in [-0.25, -0.2) is 0 Å². The molecule has 0 radical (unpaired) electrons. The fraction of sp³-hybridized carbons (Fsp3) is 0.562. The van der Waals surface area contributed by atoms with Crippen LogP contribution in [0.3, 0.4) is 0 Å². The molecule has 2 N–H and O–H groups in total. The average molecular weight is 352 g/mol. The molecule has 4 nitrogen and oxygen atoms in total. The van der Waals surface area contributed by atoms with Crippen molar-refractivity contribution < 1.29 is 4.79 Å². The van der Waals surface area contributed by atoms with E-state index < -0.39 is 0 Å². The minimum atomic E-state index is -0.0401. The van der Waals surface area contributed by atoms with Gasteiger partial charge in [0.25, 0.3) is 0 Å². The van der Waals surface area contributed by atoms with E-state index in [0.29, 0.717) is 0 Å². The second-order valence-corrected chi connectivity index (χ2v) is 6.76. The van der Waals surface area contributed by atoms with Crippen molar-refractivity contribution >= 4 is 27.5 Å². The van der Waals surface area contributed by atoms with Crippen LogP contribution in [0.25, 0.3) is 0 Å². The number of hydrogen-bond donors (Lipinski definition) is 2. The molecule has 0 aromatic heterocycles. The minimum absolute atomic E-state index is 0.0401. The number of carbonyl (C=O) groups is 1. The predicted molar refractivity (Wildman–Crippen MR) is 88.4 cm³/mol. The third-order valence-corrected chi connectivity index (χ3v) is 4.93. The van der Waals surface area contributed by atoms with Gasteiger partial charge in [-0.15, -0.1) is 0 Å². The van der Waals surface area contributed by atoms with E-state index in [-0.39, 0.29) is 11.9 Å². The largest absolute Gasteiger partial charge is 0.359 e. The van der Waals surface area contributed by atoms with Gasteiger partial charge in [0, 0.05) is 30.7 Å². The van der Waals surface area contributed by atoms with E-state index in [9.17, 15) is 4.79 Å². The normalized spacial score (nSPS) is 21.6. The standard InChI is InChI=1S/C16H22BrN3O/c1-18-16(21)15-3-2-8-20(15)14-7-4-11(9-13(14)17)10-19-12-5-6-12/h4,7,9,12,15,19H,2-3,5-6,8,10H2,1H3,(H,18,21). The van der Waals surface area contributed by atoms with Gasteiger partial charge in [-0.2, -0.15) is 0 Å².